The number of nitrogen functional groups attached to an aromatic ring is 1. The minimum atomic E-state index is 0.819. The van der Waals surface area contributed by atoms with Crippen LogP contribution in [0.1, 0.15) is 32.4 Å². The van der Waals surface area contributed by atoms with Gasteiger partial charge < -0.3 is 10.6 Å². The van der Waals surface area contributed by atoms with Gasteiger partial charge in [0.1, 0.15) is 5.82 Å². The van der Waals surface area contributed by atoms with Gasteiger partial charge in [0, 0.05) is 20.1 Å². The van der Waals surface area contributed by atoms with Crippen molar-refractivity contribution in [1.82, 2.24) is 9.78 Å². The number of rotatable bonds is 3. The van der Waals surface area contributed by atoms with Crippen molar-refractivity contribution in [2.24, 2.45) is 13.0 Å². The molecule has 0 radical (unpaired) electrons. The topological polar surface area (TPSA) is 47.1 Å². The van der Waals surface area contributed by atoms with Gasteiger partial charge in [0.15, 0.2) is 0 Å². The molecule has 0 amide bonds. The van der Waals surface area contributed by atoms with Crippen LogP contribution in [0.5, 0.6) is 0 Å². The Morgan fingerprint density at radius 3 is 2.69 bits per heavy atom. The van der Waals surface area contributed by atoms with Gasteiger partial charge >= 0.3 is 0 Å². The smallest absolute Gasteiger partial charge is 0.150 e. The molecule has 2 N–H and O–H groups in total. The number of hydrogen-bond donors (Lipinski definition) is 1. The minimum Gasteiger partial charge on any atom is -0.394 e. The van der Waals surface area contributed by atoms with Crippen molar-refractivity contribution in [3.05, 3.63) is 5.69 Å². The molecule has 1 fully saturated rings. The molecule has 0 saturated carbocycles. The number of nitrogens with two attached hydrogens (primary N) is 1. The molecule has 1 aromatic rings. The van der Waals surface area contributed by atoms with Gasteiger partial charge in [-0.1, -0.05) is 20.3 Å². The first-order chi connectivity index (χ1) is 7.67. The van der Waals surface area contributed by atoms with Crippen molar-refractivity contribution in [2.45, 2.75) is 33.1 Å². The highest BCUT2D eigenvalue weighted by Gasteiger charge is 2.26. The van der Waals surface area contributed by atoms with Crippen molar-refractivity contribution < 1.29 is 0 Å². The molecule has 0 bridgehead atoms. The van der Waals surface area contributed by atoms with Crippen LogP contribution < -0.4 is 10.6 Å². The van der Waals surface area contributed by atoms with Crippen LogP contribution in [-0.2, 0) is 13.5 Å². The highest BCUT2D eigenvalue weighted by atomic mass is 15.4. The maximum absolute atomic E-state index is 6.16. The van der Waals surface area contributed by atoms with E-state index in [1.807, 2.05) is 11.7 Å². The molecule has 2 rings (SSSR count). The second kappa shape index (κ2) is 4.36. The molecular formula is C12H22N4. The van der Waals surface area contributed by atoms with Crippen LogP contribution in [0.4, 0.5) is 11.5 Å². The van der Waals surface area contributed by atoms with E-state index < -0.39 is 0 Å². The molecule has 0 aliphatic carbocycles. The molecule has 4 nitrogen and oxygen atoms in total. The summed E-state index contributed by atoms with van der Waals surface area (Å²) in [5, 5.41) is 4.47. The van der Waals surface area contributed by atoms with Gasteiger partial charge in [0.2, 0.25) is 0 Å². The third kappa shape index (κ3) is 1.77. The Bertz CT molecular complexity index is 369. The SMILES string of the molecule is CCc1nn(C)c(N2CCC(CC)C2)c1N. The van der Waals surface area contributed by atoms with Crippen LogP contribution in [0.15, 0.2) is 0 Å². The van der Waals surface area contributed by atoms with E-state index in [9.17, 15) is 0 Å². The van der Waals surface area contributed by atoms with E-state index in [1.54, 1.807) is 0 Å². The average Bonchev–Trinajstić information content (AvgIpc) is 2.83. The molecule has 1 unspecified atom stereocenters. The van der Waals surface area contributed by atoms with Gasteiger partial charge in [0.25, 0.3) is 0 Å². The number of aryl methyl sites for hydroxylation is 2. The molecular weight excluding hydrogens is 200 g/mol. The maximum atomic E-state index is 6.16. The molecule has 1 aromatic heterocycles. The Kier molecular flexibility index (Phi) is 3.08. The van der Waals surface area contributed by atoms with Crippen molar-refractivity contribution in [3.63, 3.8) is 0 Å². The maximum Gasteiger partial charge on any atom is 0.150 e. The summed E-state index contributed by atoms with van der Waals surface area (Å²) >= 11 is 0. The first kappa shape index (κ1) is 11.3. The van der Waals surface area contributed by atoms with Crippen LogP contribution in [0.3, 0.4) is 0 Å². The predicted octanol–water partition coefficient (Wildman–Crippen LogP) is 1.80. The number of hydrogen-bond acceptors (Lipinski definition) is 3. The monoisotopic (exact) mass is 222 g/mol. The van der Waals surface area contributed by atoms with Crippen LogP contribution in [0.25, 0.3) is 0 Å². The van der Waals surface area contributed by atoms with Gasteiger partial charge in [-0.3, -0.25) is 4.68 Å². The summed E-state index contributed by atoms with van der Waals surface area (Å²) in [6.07, 6.45) is 3.45. The third-order valence-electron chi connectivity index (χ3n) is 3.63. The second-order valence-electron chi connectivity index (χ2n) is 4.67. The lowest BCUT2D eigenvalue weighted by atomic mass is 10.1. The minimum absolute atomic E-state index is 0.819. The summed E-state index contributed by atoms with van der Waals surface area (Å²) in [4.78, 5) is 2.38. The largest absolute Gasteiger partial charge is 0.394 e. The van der Waals surface area contributed by atoms with Crippen molar-refractivity contribution in [2.75, 3.05) is 23.7 Å². The quantitative estimate of drug-likeness (QED) is 0.848. The fourth-order valence-corrected chi connectivity index (χ4v) is 2.58. The first-order valence-corrected chi connectivity index (χ1v) is 6.23. The number of anilines is 2. The van der Waals surface area contributed by atoms with Crippen LogP contribution in [0.2, 0.25) is 0 Å². The molecule has 16 heavy (non-hydrogen) atoms. The van der Waals surface area contributed by atoms with Crippen LogP contribution >= 0.6 is 0 Å². The molecule has 1 aliphatic rings. The summed E-state index contributed by atoms with van der Waals surface area (Å²) < 4.78 is 1.94. The zero-order chi connectivity index (χ0) is 11.7. The Hall–Kier alpha value is -1.19. The molecule has 4 heteroatoms. The summed E-state index contributed by atoms with van der Waals surface area (Å²) in [5.41, 5.74) is 8.06. The highest BCUT2D eigenvalue weighted by molar-refractivity contribution is 5.66. The molecule has 1 saturated heterocycles. The van der Waals surface area contributed by atoms with E-state index in [4.69, 9.17) is 5.73 Å². The summed E-state index contributed by atoms with van der Waals surface area (Å²) in [6, 6.07) is 0. The van der Waals surface area contributed by atoms with Gasteiger partial charge in [-0.05, 0) is 18.8 Å². The third-order valence-corrected chi connectivity index (χ3v) is 3.63. The fraction of sp³-hybridized carbons (Fsp3) is 0.750. The van der Waals surface area contributed by atoms with E-state index in [-0.39, 0.29) is 0 Å². The van der Waals surface area contributed by atoms with E-state index in [1.165, 1.54) is 12.8 Å². The molecule has 0 aromatic carbocycles. The molecule has 90 valence electrons. The van der Waals surface area contributed by atoms with Gasteiger partial charge in [-0.25, -0.2) is 0 Å². The van der Waals surface area contributed by atoms with Crippen LogP contribution in [0, 0.1) is 5.92 Å². The van der Waals surface area contributed by atoms with Crippen molar-refractivity contribution in [1.29, 1.82) is 0 Å². The number of nitrogens with zero attached hydrogens (tertiary/aromatic N) is 3. The Balaban J connectivity index is 2.24. The average molecular weight is 222 g/mol. The molecule has 0 spiro atoms. The Morgan fingerprint density at radius 1 is 1.44 bits per heavy atom. The molecule has 1 aliphatic heterocycles. The van der Waals surface area contributed by atoms with E-state index >= 15 is 0 Å². The van der Waals surface area contributed by atoms with Crippen molar-refractivity contribution in [3.8, 4) is 0 Å². The van der Waals surface area contributed by atoms with Crippen molar-refractivity contribution >= 4 is 11.5 Å². The normalized spacial score (nSPS) is 20.7. The first-order valence-electron chi connectivity index (χ1n) is 6.23. The predicted molar refractivity (Wildman–Crippen MR) is 67.6 cm³/mol. The fourth-order valence-electron chi connectivity index (χ4n) is 2.58. The Morgan fingerprint density at radius 2 is 2.19 bits per heavy atom. The molecule has 2 heterocycles. The highest BCUT2D eigenvalue weighted by Crippen LogP contribution is 2.31. The lowest BCUT2D eigenvalue weighted by Gasteiger charge is -2.19. The standard InChI is InChI=1S/C12H22N4/c1-4-9-6-7-16(8-9)12-11(13)10(5-2)14-15(12)3/h9H,4-8,13H2,1-3H3. The molecule has 1 atom stereocenters. The van der Waals surface area contributed by atoms with E-state index in [0.29, 0.717) is 0 Å². The lowest BCUT2D eigenvalue weighted by Crippen LogP contribution is -2.23. The zero-order valence-corrected chi connectivity index (χ0v) is 10.5. The number of aromatic nitrogens is 2. The van der Waals surface area contributed by atoms with Gasteiger partial charge in [0.05, 0.1) is 11.4 Å². The van der Waals surface area contributed by atoms with E-state index in [0.717, 1.165) is 42.6 Å². The summed E-state index contributed by atoms with van der Waals surface area (Å²) in [6.45, 7) is 6.61. The lowest BCUT2D eigenvalue weighted by molar-refractivity contribution is 0.567. The second-order valence-corrected chi connectivity index (χ2v) is 4.67. The van der Waals surface area contributed by atoms with E-state index in [2.05, 4.69) is 23.8 Å². The summed E-state index contributed by atoms with van der Waals surface area (Å²) in [7, 11) is 1.99. The van der Waals surface area contributed by atoms with Crippen LogP contribution in [-0.4, -0.2) is 22.9 Å². The van der Waals surface area contributed by atoms with Gasteiger partial charge in [-0.15, -0.1) is 0 Å². The Labute approximate surface area is 97.4 Å². The zero-order valence-electron chi connectivity index (χ0n) is 10.5. The van der Waals surface area contributed by atoms with Gasteiger partial charge in [-0.2, -0.15) is 5.10 Å². The summed E-state index contributed by atoms with van der Waals surface area (Å²) in [5.74, 6) is 1.94.